The Hall–Kier alpha value is -2.33. The Morgan fingerprint density at radius 2 is 2.12 bits per heavy atom. The van der Waals surface area contributed by atoms with Gasteiger partial charge in [0, 0.05) is 63.9 Å². The molecule has 0 aromatic carbocycles. The van der Waals surface area contributed by atoms with Gasteiger partial charge in [-0.3, -0.25) is 14.4 Å². The molecular formula is C16H24N8O2. The maximum Gasteiger partial charge on any atom is 0.224 e. The molecule has 1 fully saturated rings. The van der Waals surface area contributed by atoms with Gasteiger partial charge in [-0.1, -0.05) is 0 Å². The van der Waals surface area contributed by atoms with E-state index < -0.39 is 0 Å². The van der Waals surface area contributed by atoms with Crippen molar-refractivity contribution in [3.63, 3.8) is 0 Å². The Kier molecular flexibility index (Phi) is 4.93. The lowest BCUT2D eigenvalue weighted by molar-refractivity contribution is -0.132. The number of carbonyl (C=O) groups is 1. The van der Waals surface area contributed by atoms with Crippen LogP contribution in [0.15, 0.2) is 6.33 Å². The van der Waals surface area contributed by atoms with Gasteiger partial charge in [0.1, 0.15) is 6.33 Å². The van der Waals surface area contributed by atoms with Gasteiger partial charge in [0.15, 0.2) is 0 Å². The van der Waals surface area contributed by atoms with E-state index in [-0.39, 0.29) is 5.91 Å². The molecule has 0 aliphatic carbocycles. The zero-order chi connectivity index (χ0) is 17.9. The monoisotopic (exact) mass is 360 g/mol. The first kappa shape index (κ1) is 17.1. The van der Waals surface area contributed by atoms with E-state index in [1.165, 1.54) is 17.6 Å². The van der Waals surface area contributed by atoms with Crippen LogP contribution in [0.4, 0.5) is 0 Å². The summed E-state index contributed by atoms with van der Waals surface area (Å²) in [7, 11) is 2.00. The molecule has 0 N–H and O–H groups in total. The number of aromatic nitrogens is 6. The van der Waals surface area contributed by atoms with Crippen molar-refractivity contribution in [3.05, 3.63) is 23.3 Å². The Morgan fingerprint density at radius 1 is 1.27 bits per heavy atom. The first-order chi connectivity index (χ1) is 12.7. The number of nitrogens with zero attached hydrogens (tertiary/aromatic N) is 8. The van der Waals surface area contributed by atoms with Gasteiger partial charge in [-0.25, -0.2) is 4.68 Å². The van der Waals surface area contributed by atoms with Gasteiger partial charge in [0.2, 0.25) is 5.91 Å². The number of hydrogen-bond acceptors (Lipinski definition) is 7. The van der Waals surface area contributed by atoms with Crippen LogP contribution in [-0.2, 0) is 42.6 Å². The lowest BCUT2D eigenvalue weighted by Gasteiger charge is -2.29. The lowest BCUT2D eigenvalue weighted by Crippen LogP contribution is -2.38. The molecule has 0 atom stereocenters. The molecule has 2 aliphatic heterocycles. The summed E-state index contributed by atoms with van der Waals surface area (Å²) in [5.74, 6) is 0.132. The SMILES string of the molecule is Cn1nc(CN2CCOCC2)c2c1CCN(C(=O)CCn1cnnn1)C2. The van der Waals surface area contributed by atoms with Crippen LogP contribution >= 0.6 is 0 Å². The third-order valence-corrected chi connectivity index (χ3v) is 5.10. The Morgan fingerprint density at radius 3 is 2.88 bits per heavy atom. The topological polar surface area (TPSA) is 94.2 Å². The fraction of sp³-hybridized carbons (Fsp3) is 0.688. The van der Waals surface area contributed by atoms with Crippen molar-refractivity contribution < 1.29 is 9.53 Å². The number of aryl methyl sites for hydroxylation is 2. The standard InChI is InChI=1S/C16H24N8O2/c1-21-15-2-4-23(16(25)3-5-24-12-17-19-20-24)10-13(15)14(18-21)11-22-6-8-26-9-7-22/h12H,2-11H2,1H3. The van der Waals surface area contributed by atoms with Gasteiger partial charge in [-0.05, 0) is 10.4 Å². The highest BCUT2D eigenvalue weighted by molar-refractivity contribution is 5.76. The van der Waals surface area contributed by atoms with Gasteiger partial charge >= 0.3 is 0 Å². The van der Waals surface area contributed by atoms with E-state index in [4.69, 9.17) is 9.84 Å². The van der Waals surface area contributed by atoms with Crippen molar-refractivity contribution in [3.8, 4) is 0 Å². The minimum atomic E-state index is 0.132. The van der Waals surface area contributed by atoms with Crippen molar-refractivity contribution in [2.45, 2.75) is 32.5 Å². The average molecular weight is 360 g/mol. The Bertz CT molecular complexity index is 751. The molecule has 10 heteroatoms. The van der Waals surface area contributed by atoms with E-state index in [1.54, 1.807) is 4.68 Å². The van der Waals surface area contributed by atoms with Crippen LogP contribution in [0.1, 0.15) is 23.4 Å². The molecule has 0 unspecified atom stereocenters. The smallest absolute Gasteiger partial charge is 0.224 e. The fourth-order valence-electron chi connectivity index (χ4n) is 3.63. The highest BCUT2D eigenvalue weighted by atomic mass is 16.5. The molecule has 4 heterocycles. The minimum Gasteiger partial charge on any atom is -0.379 e. The average Bonchev–Trinajstić information content (AvgIpc) is 3.29. The van der Waals surface area contributed by atoms with Crippen molar-refractivity contribution in [2.75, 3.05) is 32.8 Å². The van der Waals surface area contributed by atoms with Crippen molar-refractivity contribution in [1.82, 2.24) is 39.8 Å². The summed E-state index contributed by atoms with van der Waals surface area (Å²) in [6, 6.07) is 0. The summed E-state index contributed by atoms with van der Waals surface area (Å²) >= 11 is 0. The molecule has 2 aromatic heterocycles. The predicted molar refractivity (Wildman–Crippen MR) is 90.9 cm³/mol. The second-order valence-electron chi connectivity index (χ2n) is 6.77. The third kappa shape index (κ3) is 3.61. The molecule has 0 radical (unpaired) electrons. The van der Waals surface area contributed by atoms with Crippen LogP contribution in [0.5, 0.6) is 0 Å². The van der Waals surface area contributed by atoms with Crippen molar-refractivity contribution in [1.29, 1.82) is 0 Å². The van der Waals surface area contributed by atoms with Crippen molar-refractivity contribution >= 4 is 5.91 Å². The third-order valence-electron chi connectivity index (χ3n) is 5.10. The molecule has 1 saturated heterocycles. The van der Waals surface area contributed by atoms with Gasteiger partial charge in [0.25, 0.3) is 0 Å². The second kappa shape index (κ2) is 7.50. The van der Waals surface area contributed by atoms with Gasteiger partial charge in [0.05, 0.1) is 25.5 Å². The largest absolute Gasteiger partial charge is 0.379 e. The first-order valence-electron chi connectivity index (χ1n) is 9.03. The highest BCUT2D eigenvalue weighted by Crippen LogP contribution is 2.24. The van der Waals surface area contributed by atoms with Crippen LogP contribution in [-0.4, -0.2) is 78.5 Å². The molecule has 0 spiro atoms. The van der Waals surface area contributed by atoms with Crippen LogP contribution < -0.4 is 0 Å². The number of amides is 1. The van der Waals surface area contributed by atoms with E-state index in [2.05, 4.69) is 20.4 Å². The molecule has 0 bridgehead atoms. The molecule has 140 valence electrons. The molecular weight excluding hydrogens is 336 g/mol. The zero-order valence-corrected chi connectivity index (χ0v) is 15.0. The van der Waals surface area contributed by atoms with E-state index >= 15 is 0 Å². The summed E-state index contributed by atoms with van der Waals surface area (Å²) in [5.41, 5.74) is 3.54. The maximum absolute atomic E-state index is 12.6. The van der Waals surface area contributed by atoms with E-state index in [9.17, 15) is 4.79 Å². The summed E-state index contributed by atoms with van der Waals surface area (Å²) in [4.78, 5) is 16.9. The normalized spacial score (nSPS) is 18.1. The molecule has 2 aliphatic rings. The highest BCUT2D eigenvalue weighted by Gasteiger charge is 2.27. The second-order valence-corrected chi connectivity index (χ2v) is 6.77. The van der Waals surface area contributed by atoms with Crippen LogP contribution in [0.25, 0.3) is 0 Å². The molecule has 0 saturated carbocycles. The quantitative estimate of drug-likeness (QED) is 0.690. The summed E-state index contributed by atoms with van der Waals surface area (Å²) < 4.78 is 8.99. The van der Waals surface area contributed by atoms with Gasteiger partial charge in [-0.2, -0.15) is 5.10 Å². The van der Waals surface area contributed by atoms with Crippen LogP contribution in [0.2, 0.25) is 0 Å². The fourth-order valence-corrected chi connectivity index (χ4v) is 3.63. The zero-order valence-electron chi connectivity index (χ0n) is 15.0. The lowest BCUT2D eigenvalue weighted by atomic mass is 10.0. The summed E-state index contributed by atoms with van der Waals surface area (Å²) in [6.45, 7) is 6.10. The molecule has 10 nitrogen and oxygen atoms in total. The van der Waals surface area contributed by atoms with E-state index in [1.807, 2.05) is 16.6 Å². The summed E-state index contributed by atoms with van der Waals surface area (Å²) in [6.07, 6.45) is 2.78. The minimum absolute atomic E-state index is 0.132. The predicted octanol–water partition coefficient (Wildman–Crippen LogP) is -0.786. The molecule has 4 rings (SSSR count). The Balaban J connectivity index is 1.42. The number of rotatable bonds is 5. The molecule has 26 heavy (non-hydrogen) atoms. The van der Waals surface area contributed by atoms with E-state index in [0.29, 0.717) is 19.5 Å². The maximum atomic E-state index is 12.6. The number of fused-ring (bicyclic) bond motifs is 1. The number of tetrazole rings is 1. The van der Waals surface area contributed by atoms with Gasteiger partial charge in [-0.15, -0.1) is 5.10 Å². The van der Waals surface area contributed by atoms with Gasteiger partial charge < -0.3 is 9.64 Å². The van der Waals surface area contributed by atoms with Crippen LogP contribution in [0.3, 0.4) is 0 Å². The summed E-state index contributed by atoms with van der Waals surface area (Å²) in [5, 5.41) is 15.7. The Labute approximate surface area is 151 Å². The first-order valence-corrected chi connectivity index (χ1v) is 9.03. The molecule has 2 aromatic rings. The van der Waals surface area contributed by atoms with E-state index in [0.717, 1.165) is 51.5 Å². The number of hydrogen-bond donors (Lipinski definition) is 0. The molecule has 1 amide bonds. The van der Waals surface area contributed by atoms with Crippen molar-refractivity contribution in [2.24, 2.45) is 7.05 Å². The number of ether oxygens (including phenoxy) is 1. The number of morpholine rings is 1. The number of carbonyl (C=O) groups excluding carboxylic acids is 1. The van der Waals surface area contributed by atoms with Crippen LogP contribution in [0, 0.1) is 0 Å².